The second-order valence-electron chi connectivity index (χ2n) is 4.01. The summed E-state index contributed by atoms with van der Waals surface area (Å²) in [6.45, 7) is 2.86. The van der Waals surface area contributed by atoms with Crippen molar-refractivity contribution in [1.29, 1.82) is 0 Å². The summed E-state index contributed by atoms with van der Waals surface area (Å²) in [5, 5.41) is 0. The molecule has 0 heterocycles. The van der Waals surface area contributed by atoms with E-state index in [1.165, 1.54) is 0 Å². The molecule has 0 aliphatic heterocycles. The molecule has 0 spiro atoms. The Morgan fingerprint density at radius 2 is 1.72 bits per heavy atom. The molecule has 2 heteroatoms. The van der Waals surface area contributed by atoms with Gasteiger partial charge in [0.1, 0.15) is 5.75 Å². The van der Waals surface area contributed by atoms with E-state index in [9.17, 15) is 0 Å². The molecule has 0 aromatic heterocycles. The Morgan fingerprint density at radius 3 is 2.39 bits per heavy atom. The standard InChI is InChI=1S/C16H17NO/c1-2-12-18-16-10-8-14(9-11-16)13-17-15-6-4-3-5-7-15/h3-11,13H,2,12H2,1H3. The molecule has 0 saturated heterocycles. The largest absolute Gasteiger partial charge is 0.494 e. The fourth-order valence-corrected chi connectivity index (χ4v) is 1.53. The molecule has 2 aromatic carbocycles. The van der Waals surface area contributed by atoms with Gasteiger partial charge in [-0.15, -0.1) is 0 Å². The lowest BCUT2D eigenvalue weighted by Crippen LogP contribution is -1.94. The van der Waals surface area contributed by atoms with Crippen LogP contribution in [-0.4, -0.2) is 12.8 Å². The highest BCUT2D eigenvalue weighted by Crippen LogP contribution is 2.13. The van der Waals surface area contributed by atoms with Crippen LogP contribution in [-0.2, 0) is 0 Å². The molecule has 0 fully saturated rings. The topological polar surface area (TPSA) is 21.6 Å². The molecule has 0 atom stereocenters. The SMILES string of the molecule is CCCOc1ccc(C=Nc2ccccc2)cc1. The average molecular weight is 239 g/mol. The van der Waals surface area contributed by atoms with Gasteiger partial charge in [0, 0.05) is 6.21 Å². The molecule has 0 amide bonds. The molecule has 92 valence electrons. The predicted octanol–water partition coefficient (Wildman–Crippen LogP) is 4.23. The van der Waals surface area contributed by atoms with Gasteiger partial charge < -0.3 is 4.74 Å². The molecule has 18 heavy (non-hydrogen) atoms. The van der Waals surface area contributed by atoms with Crippen LogP contribution < -0.4 is 4.74 Å². The summed E-state index contributed by atoms with van der Waals surface area (Å²) in [6.07, 6.45) is 2.89. The van der Waals surface area contributed by atoms with Crippen molar-refractivity contribution in [2.75, 3.05) is 6.61 Å². The van der Waals surface area contributed by atoms with Gasteiger partial charge in [0.05, 0.1) is 12.3 Å². The van der Waals surface area contributed by atoms with Crippen molar-refractivity contribution in [2.24, 2.45) is 4.99 Å². The number of benzene rings is 2. The van der Waals surface area contributed by atoms with E-state index in [1.807, 2.05) is 60.8 Å². The summed E-state index contributed by atoms with van der Waals surface area (Å²) in [5.41, 5.74) is 2.03. The Bertz CT molecular complexity index is 488. The minimum Gasteiger partial charge on any atom is -0.494 e. The van der Waals surface area contributed by atoms with Gasteiger partial charge in [0.15, 0.2) is 0 Å². The Balaban J connectivity index is 2.00. The average Bonchev–Trinajstić information content (AvgIpc) is 2.45. The van der Waals surface area contributed by atoms with Gasteiger partial charge in [0.25, 0.3) is 0 Å². The van der Waals surface area contributed by atoms with Crippen LogP contribution in [0, 0.1) is 0 Å². The van der Waals surface area contributed by atoms with E-state index in [2.05, 4.69) is 11.9 Å². The van der Waals surface area contributed by atoms with Crippen LogP contribution in [0.1, 0.15) is 18.9 Å². The monoisotopic (exact) mass is 239 g/mol. The molecule has 2 nitrogen and oxygen atoms in total. The molecular weight excluding hydrogens is 222 g/mol. The highest BCUT2D eigenvalue weighted by Gasteiger charge is 1.93. The molecule has 0 bridgehead atoms. The summed E-state index contributed by atoms with van der Waals surface area (Å²) < 4.78 is 5.53. The number of ether oxygens (including phenoxy) is 1. The molecule has 0 unspecified atom stereocenters. The minimum atomic E-state index is 0.761. The van der Waals surface area contributed by atoms with Gasteiger partial charge in [-0.25, -0.2) is 0 Å². The quantitative estimate of drug-likeness (QED) is 0.716. The Labute approximate surface area is 108 Å². The molecular formula is C16H17NO. The number of hydrogen-bond donors (Lipinski definition) is 0. The third-order valence-corrected chi connectivity index (χ3v) is 2.47. The molecule has 0 aliphatic rings. The van der Waals surface area contributed by atoms with Gasteiger partial charge >= 0.3 is 0 Å². The highest BCUT2D eigenvalue weighted by molar-refractivity contribution is 5.82. The van der Waals surface area contributed by atoms with E-state index in [4.69, 9.17) is 4.74 Å². The molecule has 2 rings (SSSR count). The Morgan fingerprint density at radius 1 is 1.00 bits per heavy atom. The first kappa shape index (κ1) is 12.4. The smallest absolute Gasteiger partial charge is 0.119 e. The second-order valence-corrected chi connectivity index (χ2v) is 4.01. The van der Waals surface area contributed by atoms with Crippen LogP contribution in [0.5, 0.6) is 5.75 Å². The van der Waals surface area contributed by atoms with Gasteiger partial charge in [-0.1, -0.05) is 25.1 Å². The van der Waals surface area contributed by atoms with E-state index in [0.29, 0.717) is 0 Å². The molecule has 0 N–H and O–H groups in total. The van der Waals surface area contributed by atoms with Crippen LogP contribution >= 0.6 is 0 Å². The number of hydrogen-bond acceptors (Lipinski definition) is 2. The number of para-hydroxylation sites is 1. The van der Waals surface area contributed by atoms with Crippen molar-refractivity contribution in [3.05, 3.63) is 60.2 Å². The van der Waals surface area contributed by atoms with Crippen molar-refractivity contribution < 1.29 is 4.74 Å². The fourth-order valence-electron chi connectivity index (χ4n) is 1.53. The van der Waals surface area contributed by atoms with Crippen molar-refractivity contribution >= 4 is 11.9 Å². The second kappa shape index (κ2) is 6.60. The first-order chi connectivity index (χ1) is 8.88. The van der Waals surface area contributed by atoms with E-state index in [-0.39, 0.29) is 0 Å². The maximum absolute atomic E-state index is 5.53. The van der Waals surface area contributed by atoms with E-state index >= 15 is 0 Å². The van der Waals surface area contributed by atoms with Crippen LogP contribution in [0.4, 0.5) is 5.69 Å². The van der Waals surface area contributed by atoms with Crippen LogP contribution in [0.25, 0.3) is 0 Å². The third kappa shape index (κ3) is 3.74. The van der Waals surface area contributed by atoms with E-state index < -0.39 is 0 Å². The first-order valence-electron chi connectivity index (χ1n) is 6.20. The summed E-state index contributed by atoms with van der Waals surface area (Å²) in [4.78, 5) is 4.40. The molecule has 2 aromatic rings. The van der Waals surface area contributed by atoms with E-state index in [0.717, 1.165) is 30.0 Å². The minimum absolute atomic E-state index is 0.761. The normalized spacial score (nSPS) is 10.7. The van der Waals surface area contributed by atoms with Gasteiger partial charge in [-0.3, -0.25) is 4.99 Å². The van der Waals surface area contributed by atoms with Crippen LogP contribution in [0.2, 0.25) is 0 Å². The van der Waals surface area contributed by atoms with Gasteiger partial charge in [0.2, 0.25) is 0 Å². The number of nitrogens with zero attached hydrogens (tertiary/aromatic N) is 1. The number of aliphatic imine (C=N–C) groups is 1. The van der Waals surface area contributed by atoms with Crippen molar-refractivity contribution in [2.45, 2.75) is 13.3 Å². The lowest BCUT2D eigenvalue weighted by molar-refractivity contribution is 0.317. The summed E-state index contributed by atoms with van der Waals surface area (Å²) in [5.74, 6) is 0.911. The maximum atomic E-state index is 5.53. The van der Waals surface area contributed by atoms with Crippen LogP contribution in [0.3, 0.4) is 0 Å². The highest BCUT2D eigenvalue weighted by atomic mass is 16.5. The molecule has 0 radical (unpaired) electrons. The van der Waals surface area contributed by atoms with Crippen LogP contribution in [0.15, 0.2) is 59.6 Å². The van der Waals surface area contributed by atoms with Crippen molar-refractivity contribution in [1.82, 2.24) is 0 Å². The summed E-state index contributed by atoms with van der Waals surface area (Å²) in [6, 6.07) is 17.9. The third-order valence-electron chi connectivity index (χ3n) is 2.47. The predicted molar refractivity (Wildman–Crippen MR) is 75.9 cm³/mol. The zero-order chi connectivity index (χ0) is 12.6. The molecule has 0 saturated carbocycles. The fraction of sp³-hybridized carbons (Fsp3) is 0.188. The maximum Gasteiger partial charge on any atom is 0.119 e. The van der Waals surface area contributed by atoms with Crippen molar-refractivity contribution in [3.8, 4) is 5.75 Å². The molecule has 0 aliphatic carbocycles. The number of rotatable bonds is 5. The first-order valence-corrected chi connectivity index (χ1v) is 6.20. The zero-order valence-corrected chi connectivity index (χ0v) is 10.5. The lowest BCUT2D eigenvalue weighted by atomic mass is 10.2. The van der Waals surface area contributed by atoms with E-state index in [1.54, 1.807) is 0 Å². The van der Waals surface area contributed by atoms with Gasteiger partial charge in [-0.2, -0.15) is 0 Å². The summed E-state index contributed by atoms with van der Waals surface area (Å²) >= 11 is 0. The summed E-state index contributed by atoms with van der Waals surface area (Å²) in [7, 11) is 0. The lowest BCUT2D eigenvalue weighted by Gasteiger charge is -2.03. The van der Waals surface area contributed by atoms with Crippen molar-refractivity contribution in [3.63, 3.8) is 0 Å². The Hall–Kier alpha value is -2.09. The van der Waals surface area contributed by atoms with Gasteiger partial charge in [-0.05, 0) is 48.4 Å². The zero-order valence-electron chi connectivity index (χ0n) is 10.5. The Kier molecular flexibility index (Phi) is 4.53.